The molecule has 0 radical (unpaired) electrons. The lowest BCUT2D eigenvalue weighted by atomic mass is 9.92. The lowest BCUT2D eigenvalue weighted by Crippen LogP contribution is -2.60. The van der Waals surface area contributed by atoms with Gasteiger partial charge in [0.1, 0.15) is 24.7 Å². The molecule has 5 atom stereocenters. The number of amides is 4. The number of nitrogens with zero attached hydrogens (tertiary/aromatic N) is 3. The van der Waals surface area contributed by atoms with Crippen molar-refractivity contribution in [2.75, 3.05) is 33.8 Å². The van der Waals surface area contributed by atoms with E-state index in [0.717, 1.165) is 41.5 Å². The monoisotopic (exact) mass is 676 g/mol. The van der Waals surface area contributed by atoms with Crippen LogP contribution >= 0.6 is 0 Å². The van der Waals surface area contributed by atoms with Crippen LogP contribution in [-0.2, 0) is 23.9 Å². The fourth-order valence-electron chi connectivity index (χ4n) is 7.06. The average Bonchev–Trinajstić information content (AvgIpc) is 3.44. The van der Waals surface area contributed by atoms with Crippen molar-refractivity contribution in [1.29, 1.82) is 0 Å². The zero-order chi connectivity index (χ0) is 35.8. The van der Waals surface area contributed by atoms with Crippen molar-refractivity contribution in [3.8, 4) is 11.1 Å². The quantitative estimate of drug-likeness (QED) is 0.283. The fourth-order valence-corrected chi connectivity index (χ4v) is 7.06. The number of fused-ring (bicyclic) bond motifs is 3. The molecule has 49 heavy (non-hydrogen) atoms. The number of carboxylic acid groups (broad SMARTS) is 1. The number of benzene rings is 2. The van der Waals surface area contributed by atoms with Crippen molar-refractivity contribution in [1.82, 2.24) is 20.0 Å². The average molecular weight is 677 g/mol. The number of likely N-dealkylation sites (N-methyl/N-ethyl adjacent to an activating group) is 2. The van der Waals surface area contributed by atoms with Crippen LogP contribution in [0.15, 0.2) is 48.5 Å². The predicted octanol–water partition coefficient (Wildman–Crippen LogP) is 5.13. The highest BCUT2D eigenvalue weighted by atomic mass is 16.5. The van der Waals surface area contributed by atoms with Gasteiger partial charge < -0.3 is 29.9 Å². The Hall–Kier alpha value is -4.41. The number of carboxylic acids is 1. The highest BCUT2D eigenvalue weighted by molar-refractivity contribution is 5.95. The zero-order valence-corrected chi connectivity index (χ0v) is 29.7. The molecule has 0 spiro atoms. The summed E-state index contributed by atoms with van der Waals surface area (Å²) in [6.45, 7) is 8.63. The minimum atomic E-state index is -1.21. The predicted molar refractivity (Wildman–Crippen MR) is 187 cm³/mol. The van der Waals surface area contributed by atoms with Crippen molar-refractivity contribution >= 4 is 29.8 Å². The van der Waals surface area contributed by atoms with Crippen LogP contribution in [0.1, 0.15) is 83.3 Å². The third kappa shape index (κ3) is 8.43. The highest BCUT2D eigenvalue weighted by Gasteiger charge is 2.42. The van der Waals surface area contributed by atoms with Gasteiger partial charge in [0.05, 0.1) is 6.42 Å². The van der Waals surface area contributed by atoms with Crippen LogP contribution in [0.3, 0.4) is 0 Å². The SMILES string of the molecule is CC[C@H](C)[C@H](NC(=O)OCC1c2ccccc2-c2ccccc21)C(=O)N(C)[C@@H](C(=O)N(C)[C@@H](CC(=O)O)C(=O)N1CCCCC1)[C@@H](C)CC. The molecule has 0 bridgehead atoms. The van der Waals surface area contributed by atoms with Gasteiger partial charge in [-0.2, -0.15) is 0 Å². The van der Waals surface area contributed by atoms with Gasteiger partial charge in [0, 0.05) is 33.1 Å². The number of carbonyl (C=O) groups excluding carboxylic acids is 4. The normalized spacial score (nSPS) is 17.1. The van der Waals surface area contributed by atoms with E-state index in [1.54, 1.807) is 4.90 Å². The minimum absolute atomic E-state index is 0.0892. The first-order chi connectivity index (χ1) is 23.4. The summed E-state index contributed by atoms with van der Waals surface area (Å²) in [4.78, 5) is 71.3. The summed E-state index contributed by atoms with van der Waals surface area (Å²) in [6.07, 6.45) is 2.48. The molecule has 1 saturated heterocycles. The summed E-state index contributed by atoms with van der Waals surface area (Å²) in [5.41, 5.74) is 4.36. The Bertz CT molecular complexity index is 1460. The van der Waals surface area contributed by atoms with E-state index in [2.05, 4.69) is 17.4 Å². The Balaban J connectivity index is 1.51. The van der Waals surface area contributed by atoms with Gasteiger partial charge in [-0.3, -0.25) is 19.2 Å². The molecule has 11 heteroatoms. The largest absolute Gasteiger partial charge is 0.481 e. The highest BCUT2D eigenvalue weighted by Crippen LogP contribution is 2.44. The summed E-state index contributed by atoms with van der Waals surface area (Å²) in [5.74, 6) is -3.34. The molecule has 2 aliphatic rings. The molecule has 1 heterocycles. The summed E-state index contributed by atoms with van der Waals surface area (Å²) < 4.78 is 5.77. The van der Waals surface area contributed by atoms with Crippen LogP contribution < -0.4 is 5.32 Å². The summed E-state index contributed by atoms with van der Waals surface area (Å²) >= 11 is 0. The maximum Gasteiger partial charge on any atom is 0.407 e. The van der Waals surface area contributed by atoms with Gasteiger partial charge in [-0.05, 0) is 53.4 Å². The van der Waals surface area contributed by atoms with Gasteiger partial charge in [0.25, 0.3) is 0 Å². The molecule has 11 nitrogen and oxygen atoms in total. The van der Waals surface area contributed by atoms with Gasteiger partial charge in [0.15, 0.2) is 0 Å². The van der Waals surface area contributed by atoms with Crippen molar-refractivity contribution < 1.29 is 33.8 Å². The Kier molecular flexibility index (Phi) is 12.8. The molecule has 266 valence electrons. The maximum absolute atomic E-state index is 14.2. The van der Waals surface area contributed by atoms with Crippen LogP contribution in [0.25, 0.3) is 11.1 Å². The molecule has 1 aliphatic heterocycles. The summed E-state index contributed by atoms with van der Waals surface area (Å²) in [6, 6.07) is 12.9. The van der Waals surface area contributed by atoms with Gasteiger partial charge in [-0.25, -0.2) is 4.79 Å². The molecule has 2 aromatic rings. The smallest absolute Gasteiger partial charge is 0.407 e. The number of nitrogens with one attached hydrogen (secondary N) is 1. The number of likely N-dealkylation sites (tertiary alicyclic amines) is 1. The molecule has 1 fully saturated rings. The standard InChI is InChI=1S/C38H52N4O7/c1-7-24(3)33(39-38(48)49-23-30-28-18-12-10-16-26(28)27-17-11-13-19-29(27)30)36(46)41(6)34(25(4)8-2)37(47)40(5)31(22-32(43)44)35(45)42-20-14-9-15-21-42/h10-13,16-19,24-25,30-31,33-34H,7-9,14-15,20-23H2,1-6H3,(H,39,48)(H,43,44)/t24-,25-,31-,33-,34+/m0/s1. The first-order valence-electron chi connectivity index (χ1n) is 17.6. The van der Waals surface area contributed by atoms with E-state index in [9.17, 15) is 29.1 Å². The Morgan fingerprint density at radius 1 is 0.837 bits per heavy atom. The molecular formula is C38H52N4O7. The number of ether oxygens (including phenoxy) is 1. The van der Waals surface area contributed by atoms with Gasteiger partial charge >= 0.3 is 12.1 Å². The van der Waals surface area contributed by atoms with E-state index in [4.69, 9.17) is 4.74 Å². The molecule has 0 aromatic heterocycles. The first-order valence-corrected chi connectivity index (χ1v) is 17.6. The Morgan fingerprint density at radius 3 is 1.92 bits per heavy atom. The van der Waals surface area contributed by atoms with E-state index >= 15 is 0 Å². The summed E-state index contributed by atoms with van der Waals surface area (Å²) in [7, 11) is 2.96. The lowest BCUT2D eigenvalue weighted by Gasteiger charge is -2.40. The van der Waals surface area contributed by atoms with E-state index in [1.807, 2.05) is 64.1 Å². The van der Waals surface area contributed by atoms with Crippen LogP contribution in [0.5, 0.6) is 0 Å². The third-order valence-corrected chi connectivity index (χ3v) is 10.4. The zero-order valence-electron chi connectivity index (χ0n) is 29.7. The van der Waals surface area contributed by atoms with Crippen LogP contribution in [-0.4, -0.2) is 102 Å². The van der Waals surface area contributed by atoms with Crippen molar-refractivity contribution in [2.24, 2.45) is 11.8 Å². The fraction of sp³-hybridized carbons (Fsp3) is 0.553. The topological polar surface area (TPSA) is 137 Å². The minimum Gasteiger partial charge on any atom is -0.481 e. The van der Waals surface area contributed by atoms with Crippen LogP contribution in [0, 0.1) is 11.8 Å². The first kappa shape index (κ1) is 37.4. The number of alkyl carbamates (subject to hydrolysis) is 1. The number of carbonyl (C=O) groups is 5. The molecule has 0 saturated carbocycles. The number of hydrogen-bond acceptors (Lipinski definition) is 6. The van der Waals surface area contributed by atoms with Crippen LogP contribution in [0.2, 0.25) is 0 Å². The van der Waals surface area contributed by atoms with Gasteiger partial charge in [-0.1, -0.05) is 89.1 Å². The second kappa shape index (κ2) is 16.8. The molecule has 1 aliphatic carbocycles. The second-order valence-electron chi connectivity index (χ2n) is 13.6. The van der Waals surface area contributed by atoms with Gasteiger partial charge in [-0.15, -0.1) is 0 Å². The van der Waals surface area contributed by atoms with Gasteiger partial charge in [0.2, 0.25) is 17.7 Å². The second-order valence-corrected chi connectivity index (χ2v) is 13.6. The number of hydrogen-bond donors (Lipinski definition) is 2. The molecule has 4 amide bonds. The van der Waals surface area contributed by atoms with E-state index in [1.165, 1.54) is 23.9 Å². The van der Waals surface area contributed by atoms with Crippen LogP contribution in [0.4, 0.5) is 4.79 Å². The molecule has 0 unspecified atom stereocenters. The van der Waals surface area contributed by atoms with E-state index in [-0.39, 0.29) is 24.4 Å². The maximum atomic E-state index is 14.2. The van der Waals surface area contributed by atoms with E-state index < -0.39 is 54.3 Å². The van der Waals surface area contributed by atoms with E-state index in [0.29, 0.717) is 25.9 Å². The number of aliphatic carboxylic acids is 1. The number of rotatable bonds is 14. The Labute approximate surface area is 290 Å². The van der Waals surface area contributed by atoms with Crippen molar-refractivity contribution in [2.45, 2.75) is 90.3 Å². The molecule has 4 rings (SSSR count). The molecule has 2 N–H and O–H groups in total. The number of piperidine rings is 1. The Morgan fingerprint density at radius 2 is 1.39 bits per heavy atom. The third-order valence-electron chi connectivity index (χ3n) is 10.4. The lowest BCUT2D eigenvalue weighted by molar-refractivity contribution is -0.155. The molecule has 2 aromatic carbocycles. The molecular weight excluding hydrogens is 624 g/mol. The van der Waals surface area contributed by atoms with Crippen molar-refractivity contribution in [3.05, 3.63) is 59.7 Å². The summed E-state index contributed by atoms with van der Waals surface area (Å²) in [5, 5.41) is 12.5. The van der Waals surface area contributed by atoms with Crippen molar-refractivity contribution in [3.63, 3.8) is 0 Å².